The summed E-state index contributed by atoms with van der Waals surface area (Å²) in [4.78, 5) is 0. The fraction of sp³-hybridized carbons (Fsp3) is 0.538. The molecular formula is C13H21NS. The standard InChI is InChI=1S/C13H21NS/c1-3-4-5-10-15-11(2)12-6-8-13(14)9-7-12/h6-9,11H,3-5,10,14H2,1-2H3. The van der Waals surface area contributed by atoms with E-state index in [0.29, 0.717) is 5.25 Å². The number of unbranched alkanes of at least 4 members (excludes halogenated alkanes) is 2. The first kappa shape index (κ1) is 12.4. The second-order valence-corrected chi connectivity index (χ2v) is 5.34. The Balaban J connectivity index is 2.33. The van der Waals surface area contributed by atoms with E-state index in [2.05, 4.69) is 26.0 Å². The monoisotopic (exact) mass is 223 g/mol. The van der Waals surface area contributed by atoms with Crippen LogP contribution >= 0.6 is 11.8 Å². The third-order valence-corrected chi connectivity index (χ3v) is 3.82. The largest absolute Gasteiger partial charge is 0.399 e. The Hall–Kier alpha value is -0.630. The van der Waals surface area contributed by atoms with E-state index in [0.717, 1.165) is 5.69 Å². The van der Waals surface area contributed by atoms with Crippen LogP contribution in [0, 0.1) is 0 Å². The summed E-state index contributed by atoms with van der Waals surface area (Å²) in [6.07, 6.45) is 3.98. The summed E-state index contributed by atoms with van der Waals surface area (Å²) in [7, 11) is 0. The molecule has 0 aliphatic heterocycles. The zero-order valence-corrected chi connectivity index (χ0v) is 10.5. The number of thioether (sulfide) groups is 1. The molecular weight excluding hydrogens is 202 g/mol. The van der Waals surface area contributed by atoms with E-state index >= 15 is 0 Å². The van der Waals surface area contributed by atoms with Crippen LogP contribution in [0.1, 0.15) is 43.9 Å². The molecule has 1 aromatic rings. The lowest BCUT2D eigenvalue weighted by Gasteiger charge is -2.11. The first-order chi connectivity index (χ1) is 7.24. The van der Waals surface area contributed by atoms with Crippen LogP contribution in [-0.4, -0.2) is 5.75 Å². The molecule has 1 atom stereocenters. The second kappa shape index (κ2) is 6.78. The summed E-state index contributed by atoms with van der Waals surface area (Å²) >= 11 is 2.03. The van der Waals surface area contributed by atoms with Crippen molar-refractivity contribution in [2.45, 2.75) is 38.4 Å². The minimum absolute atomic E-state index is 0.586. The van der Waals surface area contributed by atoms with Crippen molar-refractivity contribution in [1.82, 2.24) is 0 Å². The molecule has 2 heteroatoms. The van der Waals surface area contributed by atoms with Crippen LogP contribution in [-0.2, 0) is 0 Å². The molecule has 0 aliphatic rings. The molecule has 0 aromatic heterocycles. The van der Waals surface area contributed by atoms with E-state index in [9.17, 15) is 0 Å². The highest BCUT2D eigenvalue weighted by atomic mass is 32.2. The molecule has 0 saturated heterocycles. The van der Waals surface area contributed by atoms with E-state index in [1.165, 1.54) is 30.6 Å². The highest BCUT2D eigenvalue weighted by molar-refractivity contribution is 7.99. The van der Waals surface area contributed by atoms with Gasteiger partial charge in [0.15, 0.2) is 0 Å². The van der Waals surface area contributed by atoms with Gasteiger partial charge in [-0.25, -0.2) is 0 Å². The molecule has 0 saturated carbocycles. The van der Waals surface area contributed by atoms with E-state index in [4.69, 9.17) is 5.73 Å². The molecule has 0 spiro atoms. The molecule has 1 aromatic carbocycles. The van der Waals surface area contributed by atoms with Crippen molar-refractivity contribution < 1.29 is 0 Å². The average Bonchev–Trinajstić information content (AvgIpc) is 2.25. The van der Waals surface area contributed by atoms with Crippen molar-refractivity contribution in [3.63, 3.8) is 0 Å². The summed E-state index contributed by atoms with van der Waals surface area (Å²) in [5.41, 5.74) is 7.89. The van der Waals surface area contributed by atoms with Crippen LogP contribution in [0.25, 0.3) is 0 Å². The summed E-state index contributed by atoms with van der Waals surface area (Å²) < 4.78 is 0. The number of nitrogen functional groups attached to an aromatic ring is 1. The first-order valence-electron chi connectivity index (χ1n) is 5.71. The molecule has 1 nitrogen and oxygen atoms in total. The highest BCUT2D eigenvalue weighted by Crippen LogP contribution is 2.29. The molecule has 15 heavy (non-hydrogen) atoms. The Labute approximate surface area is 97.4 Å². The molecule has 0 aliphatic carbocycles. The number of hydrogen-bond donors (Lipinski definition) is 1. The Morgan fingerprint density at radius 1 is 1.20 bits per heavy atom. The van der Waals surface area contributed by atoms with Gasteiger partial charge in [0.25, 0.3) is 0 Å². The van der Waals surface area contributed by atoms with Gasteiger partial charge < -0.3 is 5.73 Å². The van der Waals surface area contributed by atoms with Crippen molar-refractivity contribution in [3.8, 4) is 0 Å². The molecule has 0 fully saturated rings. The van der Waals surface area contributed by atoms with Gasteiger partial charge in [-0.1, -0.05) is 31.9 Å². The molecule has 0 amide bonds. The van der Waals surface area contributed by atoms with Gasteiger partial charge in [-0.05, 0) is 36.8 Å². The zero-order chi connectivity index (χ0) is 11.1. The van der Waals surface area contributed by atoms with E-state index in [1.54, 1.807) is 0 Å². The number of anilines is 1. The smallest absolute Gasteiger partial charge is 0.0314 e. The number of rotatable bonds is 6. The van der Waals surface area contributed by atoms with Crippen molar-refractivity contribution in [1.29, 1.82) is 0 Å². The van der Waals surface area contributed by atoms with Gasteiger partial charge in [0.05, 0.1) is 0 Å². The third-order valence-electron chi connectivity index (χ3n) is 2.52. The summed E-state index contributed by atoms with van der Waals surface area (Å²) in [5.74, 6) is 1.26. The van der Waals surface area contributed by atoms with Crippen LogP contribution in [0.4, 0.5) is 5.69 Å². The van der Waals surface area contributed by atoms with Crippen molar-refractivity contribution >= 4 is 17.4 Å². The molecule has 2 N–H and O–H groups in total. The van der Waals surface area contributed by atoms with Gasteiger partial charge in [0, 0.05) is 10.9 Å². The molecule has 1 rings (SSSR count). The summed E-state index contributed by atoms with van der Waals surface area (Å²) in [6, 6.07) is 8.23. The number of benzene rings is 1. The zero-order valence-electron chi connectivity index (χ0n) is 9.70. The lowest BCUT2D eigenvalue weighted by Crippen LogP contribution is -1.92. The second-order valence-electron chi connectivity index (χ2n) is 3.89. The van der Waals surface area contributed by atoms with Gasteiger partial charge in [0.1, 0.15) is 0 Å². The Morgan fingerprint density at radius 3 is 2.47 bits per heavy atom. The SMILES string of the molecule is CCCCCSC(C)c1ccc(N)cc1. The van der Waals surface area contributed by atoms with E-state index < -0.39 is 0 Å². The predicted octanol–water partition coefficient (Wildman–Crippen LogP) is 4.25. The minimum Gasteiger partial charge on any atom is -0.399 e. The lowest BCUT2D eigenvalue weighted by atomic mass is 10.1. The first-order valence-corrected chi connectivity index (χ1v) is 6.76. The normalized spacial score (nSPS) is 12.7. The van der Waals surface area contributed by atoms with Gasteiger partial charge in [-0.15, -0.1) is 0 Å². The molecule has 84 valence electrons. The van der Waals surface area contributed by atoms with Crippen LogP contribution in [0.2, 0.25) is 0 Å². The molecule has 0 bridgehead atoms. The maximum absolute atomic E-state index is 5.66. The van der Waals surface area contributed by atoms with Gasteiger partial charge in [0.2, 0.25) is 0 Å². The summed E-state index contributed by atoms with van der Waals surface area (Å²) in [5, 5.41) is 0.586. The minimum atomic E-state index is 0.586. The van der Waals surface area contributed by atoms with Crippen molar-refractivity contribution in [3.05, 3.63) is 29.8 Å². The Kier molecular flexibility index (Phi) is 5.62. The Morgan fingerprint density at radius 2 is 1.87 bits per heavy atom. The quantitative estimate of drug-likeness (QED) is 0.576. The fourth-order valence-corrected chi connectivity index (χ4v) is 2.55. The Bertz CT molecular complexity index is 268. The number of nitrogens with two attached hydrogens (primary N) is 1. The molecule has 0 radical (unpaired) electrons. The van der Waals surface area contributed by atoms with Crippen LogP contribution in [0.5, 0.6) is 0 Å². The van der Waals surface area contributed by atoms with Crippen molar-refractivity contribution in [2.24, 2.45) is 0 Å². The lowest BCUT2D eigenvalue weighted by molar-refractivity contribution is 0.777. The number of hydrogen-bond acceptors (Lipinski definition) is 2. The predicted molar refractivity (Wildman–Crippen MR) is 71.3 cm³/mol. The van der Waals surface area contributed by atoms with Crippen molar-refractivity contribution in [2.75, 3.05) is 11.5 Å². The average molecular weight is 223 g/mol. The van der Waals surface area contributed by atoms with Gasteiger partial charge >= 0.3 is 0 Å². The van der Waals surface area contributed by atoms with Crippen LogP contribution in [0.3, 0.4) is 0 Å². The summed E-state index contributed by atoms with van der Waals surface area (Å²) in [6.45, 7) is 4.51. The topological polar surface area (TPSA) is 26.0 Å². The maximum atomic E-state index is 5.66. The maximum Gasteiger partial charge on any atom is 0.0314 e. The molecule has 0 heterocycles. The van der Waals surface area contributed by atoms with Gasteiger partial charge in [-0.3, -0.25) is 0 Å². The van der Waals surface area contributed by atoms with Crippen LogP contribution in [0.15, 0.2) is 24.3 Å². The molecule has 1 unspecified atom stereocenters. The fourth-order valence-electron chi connectivity index (χ4n) is 1.48. The third kappa shape index (κ3) is 4.61. The van der Waals surface area contributed by atoms with E-state index in [-0.39, 0.29) is 0 Å². The van der Waals surface area contributed by atoms with Gasteiger partial charge in [-0.2, -0.15) is 11.8 Å². The highest BCUT2D eigenvalue weighted by Gasteiger charge is 2.04. The van der Waals surface area contributed by atoms with E-state index in [1.807, 2.05) is 23.9 Å². The van der Waals surface area contributed by atoms with Crippen LogP contribution < -0.4 is 5.73 Å².